The summed E-state index contributed by atoms with van der Waals surface area (Å²) in [6.07, 6.45) is 4.32. The number of allylic oxidation sites excluding steroid dienone is 4. The van der Waals surface area contributed by atoms with Gasteiger partial charge in [-0.1, -0.05) is 39.3 Å². The van der Waals surface area contributed by atoms with Crippen molar-refractivity contribution in [2.24, 2.45) is 28.6 Å². The van der Waals surface area contributed by atoms with Crippen LogP contribution in [0.5, 0.6) is 0 Å². The van der Waals surface area contributed by atoms with Crippen LogP contribution < -0.4 is 0 Å². The first-order chi connectivity index (χ1) is 16.8. The fraction of sp³-hybridized carbons (Fsp3) is 0.714. The van der Waals surface area contributed by atoms with Gasteiger partial charge in [0.15, 0.2) is 23.7 Å². The van der Waals surface area contributed by atoms with E-state index in [2.05, 4.69) is 0 Å². The van der Waals surface area contributed by atoms with Gasteiger partial charge in [0.05, 0.1) is 6.10 Å². The molecule has 0 amide bonds. The summed E-state index contributed by atoms with van der Waals surface area (Å²) in [6.45, 7) is 8.05. The molecule has 1 unspecified atom stereocenters. The number of halogens is 1. The summed E-state index contributed by atoms with van der Waals surface area (Å²) in [6, 6.07) is 0. The molecular weight excluding hydrogens is 467 g/mol. The number of carbonyl (C=O) groups excluding carboxylic acids is 4. The lowest BCUT2D eigenvalue weighted by molar-refractivity contribution is -0.228. The predicted molar refractivity (Wildman–Crippen MR) is 128 cm³/mol. The molecule has 0 bridgehead atoms. The van der Waals surface area contributed by atoms with E-state index < -0.39 is 64.4 Å². The van der Waals surface area contributed by atoms with Gasteiger partial charge in [-0.15, -0.1) is 0 Å². The minimum Gasteiger partial charge on any atom is -0.457 e. The summed E-state index contributed by atoms with van der Waals surface area (Å²) < 4.78 is 28.5. The van der Waals surface area contributed by atoms with Crippen LogP contribution in [0.15, 0.2) is 23.8 Å². The molecule has 3 saturated carbocycles. The molecule has 0 aliphatic heterocycles. The van der Waals surface area contributed by atoms with Crippen molar-refractivity contribution in [3.8, 4) is 0 Å². The summed E-state index contributed by atoms with van der Waals surface area (Å²) in [5.41, 5.74) is -5.26. The number of hydrogen-bond acceptors (Lipinski definition) is 7. The Bertz CT molecular complexity index is 1050. The number of fused-ring (bicyclic) bond motifs is 5. The third kappa shape index (κ3) is 3.39. The van der Waals surface area contributed by atoms with Gasteiger partial charge in [0.1, 0.15) is 0 Å². The van der Waals surface area contributed by atoms with Gasteiger partial charge in [0.2, 0.25) is 5.78 Å². The van der Waals surface area contributed by atoms with Crippen LogP contribution >= 0.6 is 0 Å². The fourth-order valence-electron chi connectivity index (χ4n) is 8.01. The lowest BCUT2D eigenvalue weighted by atomic mass is 9.44. The van der Waals surface area contributed by atoms with Gasteiger partial charge in [0, 0.05) is 35.5 Å². The third-order valence-electron chi connectivity index (χ3n) is 9.81. The Hall–Kier alpha value is -2.35. The van der Waals surface area contributed by atoms with Gasteiger partial charge in [-0.2, -0.15) is 0 Å². The first-order valence-electron chi connectivity index (χ1n) is 13.0. The molecule has 36 heavy (non-hydrogen) atoms. The minimum atomic E-state index is -2.05. The summed E-state index contributed by atoms with van der Waals surface area (Å²) in [5, 5.41) is 11.5. The Morgan fingerprint density at radius 2 is 1.81 bits per heavy atom. The number of ketones is 2. The quantitative estimate of drug-likeness (QED) is 0.548. The average molecular weight is 505 g/mol. The summed E-state index contributed by atoms with van der Waals surface area (Å²) in [5.74, 6) is -3.31. The second kappa shape index (κ2) is 8.89. The molecule has 4 aliphatic carbocycles. The molecule has 8 heteroatoms. The number of alkyl halides is 1. The van der Waals surface area contributed by atoms with Gasteiger partial charge < -0.3 is 14.6 Å². The average Bonchev–Trinajstić information content (AvgIpc) is 3.05. The number of aliphatic hydroxyl groups is 1. The molecule has 4 aliphatic rings. The summed E-state index contributed by atoms with van der Waals surface area (Å²) >= 11 is 0. The number of rotatable bonds is 6. The molecule has 0 radical (unpaired) electrons. The zero-order valence-electron chi connectivity index (χ0n) is 21.8. The molecule has 0 heterocycles. The van der Waals surface area contributed by atoms with E-state index in [0.29, 0.717) is 24.8 Å². The molecule has 0 aromatic carbocycles. The molecule has 0 saturated heterocycles. The molecule has 3 fully saturated rings. The highest BCUT2D eigenvalue weighted by atomic mass is 19.1. The summed E-state index contributed by atoms with van der Waals surface area (Å²) in [4.78, 5) is 50.3. The SMILES string of the molecule is CCC(=O)OCC(=O)[C@]1(OC(=O)CC)[C@H](C)C[C@@H]2[C@H]3CCC4=CC(=O)C=C[C@@]4(C)C3(F)[C@H](O)C[C@]21C. The molecule has 1 N–H and O–H groups in total. The van der Waals surface area contributed by atoms with Crippen molar-refractivity contribution in [2.75, 3.05) is 6.61 Å². The maximum atomic E-state index is 17.4. The Morgan fingerprint density at radius 1 is 1.14 bits per heavy atom. The molecular formula is C28H37FO7. The molecule has 0 aromatic heterocycles. The molecule has 0 spiro atoms. The van der Waals surface area contributed by atoms with Crippen LogP contribution in [0.1, 0.15) is 73.1 Å². The Labute approximate surface area is 211 Å². The van der Waals surface area contributed by atoms with Crippen molar-refractivity contribution >= 4 is 23.5 Å². The van der Waals surface area contributed by atoms with E-state index in [-0.39, 0.29) is 31.0 Å². The Kier molecular flexibility index (Phi) is 6.60. The lowest BCUT2D eigenvalue weighted by Crippen LogP contribution is -2.70. The van der Waals surface area contributed by atoms with Crippen molar-refractivity contribution < 1.29 is 38.1 Å². The highest BCUT2D eigenvalue weighted by Gasteiger charge is 2.77. The number of hydrogen-bond donors (Lipinski definition) is 1. The lowest BCUT2D eigenvalue weighted by Gasteiger charge is -2.62. The van der Waals surface area contributed by atoms with Crippen LogP contribution in [0.25, 0.3) is 0 Å². The number of esters is 2. The molecule has 198 valence electrons. The van der Waals surface area contributed by atoms with Crippen LogP contribution in [-0.4, -0.2) is 52.6 Å². The first-order valence-corrected chi connectivity index (χ1v) is 13.0. The number of aliphatic hydroxyl groups excluding tert-OH is 1. The van der Waals surface area contributed by atoms with Gasteiger partial charge in [-0.05, 0) is 50.7 Å². The fourth-order valence-corrected chi connectivity index (χ4v) is 8.01. The van der Waals surface area contributed by atoms with Crippen molar-refractivity contribution in [1.29, 1.82) is 0 Å². The molecule has 8 atom stereocenters. The van der Waals surface area contributed by atoms with E-state index in [1.165, 1.54) is 12.2 Å². The van der Waals surface area contributed by atoms with E-state index in [1.807, 2.05) is 6.92 Å². The van der Waals surface area contributed by atoms with E-state index in [9.17, 15) is 24.3 Å². The zero-order chi connectivity index (χ0) is 26.7. The smallest absolute Gasteiger partial charge is 0.306 e. The van der Waals surface area contributed by atoms with Gasteiger partial charge in [0.25, 0.3) is 0 Å². The standard InChI is InChI=1S/C28H37FO7/c1-6-23(33)35-15-22(32)28(36-24(34)7-2)16(3)12-20-19-9-8-17-13-18(30)10-11-25(17,4)27(19,29)21(31)14-26(20,28)5/h10-11,13,16,19-21,31H,6-9,12,14-15H2,1-5H3/t16-,19-,20-,21-,25-,26-,27?,28-/m1/s1. The maximum absolute atomic E-state index is 17.4. The number of ether oxygens (including phenoxy) is 2. The number of carbonyl (C=O) groups is 4. The van der Waals surface area contributed by atoms with Crippen molar-refractivity contribution in [3.63, 3.8) is 0 Å². The monoisotopic (exact) mass is 504 g/mol. The Balaban J connectivity index is 1.80. The zero-order valence-corrected chi connectivity index (χ0v) is 21.8. The van der Waals surface area contributed by atoms with E-state index in [0.717, 1.165) is 0 Å². The van der Waals surface area contributed by atoms with Crippen LogP contribution in [0.2, 0.25) is 0 Å². The molecule has 0 aromatic rings. The van der Waals surface area contributed by atoms with E-state index >= 15 is 4.39 Å². The van der Waals surface area contributed by atoms with Crippen LogP contribution in [0.4, 0.5) is 4.39 Å². The molecule has 7 nitrogen and oxygen atoms in total. The van der Waals surface area contributed by atoms with Crippen LogP contribution in [0, 0.1) is 28.6 Å². The van der Waals surface area contributed by atoms with E-state index in [4.69, 9.17) is 9.47 Å². The van der Waals surface area contributed by atoms with Crippen molar-refractivity contribution in [1.82, 2.24) is 0 Å². The highest BCUT2D eigenvalue weighted by molar-refractivity contribution is 6.01. The second-order valence-electron chi connectivity index (χ2n) is 11.4. The predicted octanol–water partition coefficient (Wildman–Crippen LogP) is 3.82. The van der Waals surface area contributed by atoms with Gasteiger partial charge in [-0.3, -0.25) is 19.2 Å². The maximum Gasteiger partial charge on any atom is 0.306 e. The van der Waals surface area contributed by atoms with Crippen molar-refractivity contribution in [3.05, 3.63) is 23.8 Å². The topological polar surface area (TPSA) is 107 Å². The largest absolute Gasteiger partial charge is 0.457 e. The normalized spacial score (nSPS) is 43.1. The van der Waals surface area contributed by atoms with Gasteiger partial charge >= 0.3 is 11.9 Å². The second-order valence-corrected chi connectivity index (χ2v) is 11.4. The minimum absolute atomic E-state index is 0.0430. The Morgan fingerprint density at radius 3 is 2.44 bits per heavy atom. The highest BCUT2D eigenvalue weighted by Crippen LogP contribution is 2.71. The van der Waals surface area contributed by atoms with Crippen LogP contribution in [-0.2, 0) is 28.7 Å². The van der Waals surface area contributed by atoms with Gasteiger partial charge in [-0.25, -0.2) is 4.39 Å². The first kappa shape index (κ1) is 26.7. The third-order valence-corrected chi connectivity index (χ3v) is 9.81. The van der Waals surface area contributed by atoms with Crippen molar-refractivity contribution in [2.45, 2.75) is 90.5 Å². The summed E-state index contributed by atoms with van der Waals surface area (Å²) in [7, 11) is 0. The molecule has 4 rings (SSSR count). The van der Waals surface area contributed by atoms with Crippen LogP contribution in [0.3, 0.4) is 0 Å². The van der Waals surface area contributed by atoms with E-state index in [1.54, 1.807) is 33.8 Å². The number of Topliss-reactive ketones (excluding diaryl/α,β-unsaturated/α-hetero) is 1.